The van der Waals surface area contributed by atoms with Crippen LogP contribution in [0.3, 0.4) is 0 Å². The first kappa shape index (κ1) is 23.2. The summed E-state index contributed by atoms with van der Waals surface area (Å²) in [7, 11) is 0. The lowest BCUT2D eigenvalue weighted by Crippen LogP contribution is -2.33. The molecule has 4 aromatic rings. The average Bonchev–Trinajstić information content (AvgIpc) is 3.10. The Kier molecular flexibility index (Phi) is 6.70. The molecule has 0 radical (unpaired) electrons. The number of aromatic nitrogens is 4. The van der Waals surface area contributed by atoms with Gasteiger partial charge in [-0.1, -0.05) is 81.9 Å². The minimum Gasteiger partial charge on any atom is -0.353 e. The molecule has 1 N–H and O–H groups in total. The van der Waals surface area contributed by atoms with E-state index in [0.717, 1.165) is 28.5 Å². The molecule has 6 nitrogen and oxygen atoms in total. The van der Waals surface area contributed by atoms with Crippen LogP contribution in [-0.2, 0) is 16.8 Å². The summed E-state index contributed by atoms with van der Waals surface area (Å²) in [6.07, 6.45) is 0.900. The molecule has 4 rings (SSSR count). The van der Waals surface area contributed by atoms with E-state index in [9.17, 15) is 4.79 Å². The summed E-state index contributed by atoms with van der Waals surface area (Å²) in [6.45, 7) is 11.4. The minimum absolute atomic E-state index is 0.0162. The third-order valence-corrected chi connectivity index (χ3v) is 6.70. The van der Waals surface area contributed by atoms with Crippen molar-refractivity contribution in [1.29, 1.82) is 0 Å². The monoisotopic (exact) mass is 461 g/mol. The standard InChI is InChI=1S/C26H31N5OS/c1-6-17(2)27-22(32)16-33-25-28-24-23(29-30-25)20-9-7-8-10-21(20)31(24)15-18-11-13-19(14-12-18)26(3,4)5/h7-14,17H,6,15-16H2,1-5H3,(H,27,32). The van der Waals surface area contributed by atoms with Crippen molar-refractivity contribution in [3.05, 3.63) is 59.7 Å². The lowest BCUT2D eigenvalue weighted by molar-refractivity contribution is -0.119. The van der Waals surface area contributed by atoms with E-state index < -0.39 is 0 Å². The smallest absolute Gasteiger partial charge is 0.230 e. The zero-order chi connectivity index (χ0) is 23.6. The second-order valence-corrected chi connectivity index (χ2v) is 10.4. The van der Waals surface area contributed by atoms with Crippen molar-refractivity contribution in [2.45, 2.75) is 64.2 Å². The number of hydrogen-bond acceptors (Lipinski definition) is 5. The van der Waals surface area contributed by atoms with Gasteiger partial charge in [0.2, 0.25) is 11.1 Å². The van der Waals surface area contributed by atoms with Crippen LogP contribution in [0.25, 0.3) is 22.1 Å². The number of nitrogens with one attached hydrogen (secondary N) is 1. The van der Waals surface area contributed by atoms with Crippen molar-refractivity contribution in [1.82, 2.24) is 25.1 Å². The first-order valence-electron chi connectivity index (χ1n) is 11.4. The number of carbonyl (C=O) groups excluding carboxylic acids is 1. The van der Waals surface area contributed by atoms with Crippen molar-refractivity contribution in [3.8, 4) is 0 Å². The Labute approximate surface area is 199 Å². The summed E-state index contributed by atoms with van der Waals surface area (Å²) in [6, 6.07) is 17.1. The van der Waals surface area contributed by atoms with Gasteiger partial charge < -0.3 is 9.88 Å². The van der Waals surface area contributed by atoms with E-state index in [-0.39, 0.29) is 23.1 Å². The molecule has 172 valence electrons. The normalized spacial score (nSPS) is 12.9. The minimum atomic E-state index is -0.0162. The van der Waals surface area contributed by atoms with Gasteiger partial charge in [0.15, 0.2) is 5.65 Å². The molecule has 0 aliphatic rings. The SMILES string of the molecule is CCC(C)NC(=O)CSc1nnc2c3ccccc3n(Cc3ccc(C(C)(C)C)cc3)c2n1. The molecule has 7 heteroatoms. The molecule has 33 heavy (non-hydrogen) atoms. The molecule has 0 fully saturated rings. The molecule has 1 atom stereocenters. The fourth-order valence-electron chi connectivity index (χ4n) is 3.75. The van der Waals surface area contributed by atoms with Crippen LogP contribution in [0.4, 0.5) is 0 Å². The topological polar surface area (TPSA) is 72.7 Å². The molecule has 0 bridgehead atoms. The largest absolute Gasteiger partial charge is 0.353 e. The molecule has 0 spiro atoms. The molecule has 0 aliphatic heterocycles. The maximum Gasteiger partial charge on any atom is 0.230 e. The number of thioether (sulfide) groups is 1. The number of hydrogen-bond donors (Lipinski definition) is 1. The van der Waals surface area contributed by atoms with Crippen LogP contribution in [0, 0.1) is 0 Å². The highest BCUT2D eigenvalue weighted by Gasteiger charge is 2.17. The van der Waals surface area contributed by atoms with E-state index in [1.165, 1.54) is 22.9 Å². The van der Waals surface area contributed by atoms with Crippen molar-refractivity contribution < 1.29 is 4.79 Å². The quantitative estimate of drug-likeness (QED) is 0.377. The summed E-state index contributed by atoms with van der Waals surface area (Å²) in [4.78, 5) is 17.0. The molecule has 1 amide bonds. The van der Waals surface area contributed by atoms with Crippen molar-refractivity contribution in [3.63, 3.8) is 0 Å². The highest BCUT2D eigenvalue weighted by atomic mass is 32.2. The maximum absolute atomic E-state index is 12.2. The van der Waals surface area contributed by atoms with E-state index in [4.69, 9.17) is 4.98 Å². The Balaban J connectivity index is 1.65. The molecule has 1 unspecified atom stereocenters. The zero-order valence-corrected chi connectivity index (χ0v) is 20.7. The van der Waals surface area contributed by atoms with E-state index in [0.29, 0.717) is 11.7 Å². The lowest BCUT2D eigenvalue weighted by atomic mass is 9.87. The molecule has 0 saturated carbocycles. The van der Waals surface area contributed by atoms with Gasteiger partial charge in [-0.15, -0.1) is 10.2 Å². The lowest BCUT2D eigenvalue weighted by Gasteiger charge is -2.19. The fourth-order valence-corrected chi connectivity index (χ4v) is 4.34. The summed E-state index contributed by atoms with van der Waals surface area (Å²) in [5.41, 5.74) is 5.28. The predicted octanol–water partition coefficient (Wildman–Crippen LogP) is 5.33. The van der Waals surface area contributed by atoms with Crippen molar-refractivity contribution in [2.24, 2.45) is 0 Å². The van der Waals surface area contributed by atoms with E-state index >= 15 is 0 Å². The molecule has 2 aromatic heterocycles. The Morgan fingerprint density at radius 2 is 1.82 bits per heavy atom. The van der Waals surface area contributed by atoms with Gasteiger partial charge in [-0.3, -0.25) is 4.79 Å². The van der Waals surface area contributed by atoms with Gasteiger partial charge in [-0.25, -0.2) is 4.98 Å². The number of fused-ring (bicyclic) bond motifs is 3. The van der Waals surface area contributed by atoms with Crippen LogP contribution in [0.5, 0.6) is 0 Å². The number of nitrogens with zero attached hydrogens (tertiary/aromatic N) is 4. The molecule has 2 heterocycles. The Morgan fingerprint density at radius 3 is 2.52 bits per heavy atom. The van der Waals surface area contributed by atoms with Crippen LogP contribution in [-0.4, -0.2) is 37.5 Å². The van der Waals surface area contributed by atoms with E-state index in [2.05, 4.69) is 84.2 Å². The number of amides is 1. The Morgan fingerprint density at radius 1 is 1.09 bits per heavy atom. The number of para-hydroxylation sites is 1. The van der Waals surface area contributed by atoms with Crippen LogP contribution in [0.1, 0.15) is 52.2 Å². The molecule has 0 aliphatic carbocycles. The van der Waals surface area contributed by atoms with Gasteiger partial charge in [0.1, 0.15) is 5.52 Å². The van der Waals surface area contributed by atoms with Gasteiger partial charge in [-0.2, -0.15) is 0 Å². The van der Waals surface area contributed by atoms with Crippen LogP contribution in [0.15, 0.2) is 53.7 Å². The molecule has 0 saturated heterocycles. The third-order valence-electron chi connectivity index (χ3n) is 5.87. The Hall–Kier alpha value is -2.93. The molecule has 2 aromatic carbocycles. The van der Waals surface area contributed by atoms with Crippen molar-refractivity contribution in [2.75, 3.05) is 5.75 Å². The predicted molar refractivity (Wildman–Crippen MR) is 136 cm³/mol. The van der Waals surface area contributed by atoms with Gasteiger partial charge in [0.05, 0.1) is 11.3 Å². The highest BCUT2D eigenvalue weighted by Crippen LogP contribution is 2.29. The third kappa shape index (κ3) is 5.19. The Bertz CT molecular complexity index is 1270. The van der Waals surface area contributed by atoms with Gasteiger partial charge in [0.25, 0.3) is 0 Å². The average molecular weight is 462 g/mol. The van der Waals surface area contributed by atoms with E-state index in [1.54, 1.807) is 0 Å². The summed E-state index contributed by atoms with van der Waals surface area (Å²) in [5, 5.41) is 13.3. The second-order valence-electron chi connectivity index (χ2n) is 9.48. The van der Waals surface area contributed by atoms with Gasteiger partial charge in [0, 0.05) is 18.0 Å². The highest BCUT2D eigenvalue weighted by molar-refractivity contribution is 7.99. The summed E-state index contributed by atoms with van der Waals surface area (Å²) in [5.74, 6) is 0.254. The number of rotatable bonds is 7. The zero-order valence-electron chi connectivity index (χ0n) is 19.9. The van der Waals surface area contributed by atoms with Crippen LogP contribution >= 0.6 is 11.8 Å². The maximum atomic E-state index is 12.2. The molecular formula is C26H31N5OS. The first-order chi connectivity index (χ1) is 15.8. The fraction of sp³-hybridized carbons (Fsp3) is 0.385. The second kappa shape index (κ2) is 9.51. The van der Waals surface area contributed by atoms with Crippen LogP contribution < -0.4 is 5.32 Å². The van der Waals surface area contributed by atoms with Gasteiger partial charge >= 0.3 is 0 Å². The number of carbonyl (C=O) groups is 1. The molecular weight excluding hydrogens is 430 g/mol. The van der Waals surface area contributed by atoms with Gasteiger partial charge in [-0.05, 0) is 36.0 Å². The summed E-state index contributed by atoms with van der Waals surface area (Å²) >= 11 is 1.32. The van der Waals surface area contributed by atoms with E-state index in [1.807, 2.05) is 19.1 Å². The first-order valence-corrected chi connectivity index (χ1v) is 12.4. The number of benzene rings is 2. The van der Waals surface area contributed by atoms with Crippen molar-refractivity contribution >= 4 is 39.7 Å². The van der Waals surface area contributed by atoms with Crippen LogP contribution in [0.2, 0.25) is 0 Å². The summed E-state index contributed by atoms with van der Waals surface area (Å²) < 4.78 is 2.19.